The van der Waals surface area contributed by atoms with Crippen molar-refractivity contribution in [1.82, 2.24) is 0 Å². The zero-order valence-corrected chi connectivity index (χ0v) is 14.7. The van der Waals surface area contributed by atoms with E-state index in [4.69, 9.17) is 4.74 Å². The average molecular weight is 377 g/mol. The maximum absolute atomic E-state index is 11.7. The number of benzene rings is 1. The molecular weight excluding hydrogens is 356 g/mol. The van der Waals surface area contributed by atoms with Crippen molar-refractivity contribution in [3.05, 3.63) is 27.7 Å². The van der Waals surface area contributed by atoms with Crippen LogP contribution < -0.4 is 4.74 Å². The van der Waals surface area contributed by atoms with Gasteiger partial charge in [0.05, 0.1) is 18.0 Å². The Kier molecular flexibility index (Phi) is 5.33. The van der Waals surface area contributed by atoms with Gasteiger partial charge in [0.2, 0.25) is 0 Å². The van der Waals surface area contributed by atoms with Crippen LogP contribution in [0, 0.1) is 6.92 Å². The number of hydrogen-bond acceptors (Lipinski definition) is 4. The van der Waals surface area contributed by atoms with Gasteiger partial charge in [0.1, 0.15) is 15.6 Å². The topological polar surface area (TPSA) is 63.6 Å². The first-order valence-electron chi connectivity index (χ1n) is 7.06. The SMILES string of the molecule is Cc1cc(Br)cc(CO)c1OC1CCCC(S(C)(=O)=O)C1. The van der Waals surface area contributed by atoms with Crippen molar-refractivity contribution in [2.45, 2.75) is 50.6 Å². The number of ether oxygens (including phenoxy) is 1. The van der Waals surface area contributed by atoms with Crippen LogP contribution in [-0.4, -0.2) is 31.1 Å². The van der Waals surface area contributed by atoms with Crippen LogP contribution >= 0.6 is 15.9 Å². The summed E-state index contributed by atoms with van der Waals surface area (Å²) in [6, 6.07) is 3.77. The largest absolute Gasteiger partial charge is 0.490 e. The lowest BCUT2D eigenvalue weighted by Gasteiger charge is -2.29. The van der Waals surface area contributed by atoms with Gasteiger partial charge in [-0.3, -0.25) is 0 Å². The van der Waals surface area contributed by atoms with Crippen LogP contribution in [0.1, 0.15) is 36.8 Å². The molecule has 0 amide bonds. The van der Waals surface area contributed by atoms with E-state index in [1.54, 1.807) is 0 Å². The van der Waals surface area contributed by atoms with Crippen LogP contribution in [0.5, 0.6) is 5.75 Å². The molecule has 1 aliphatic carbocycles. The van der Waals surface area contributed by atoms with Crippen molar-refractivity contribution in [3.8, 4) is 5.75 Å². The first kappa shape index (κ1) is 16.8. The van der Waals surface area contributed by atoms with Gasteiger partial charge in [0.25, 0.3) is 0 Å². The molecule has 2 rings (SSSR count). The van der Waals surface area contributed by atoms with E-state index in [-0.39, 0.29) is 18.0 Å². The highest BCUT2D eigenvalue weighted by molar-refractivity contribution is 9.10. The Morgan fingerprint density at radius 1 is 1.38 bits per heavy atom. The number of hydrogen-bond donors (Lipinski definition) is 1. The summed E-state index contributed by atoms with van der Waals surface area (Å²) in [7, 11) is -3.02. The van der Waals surface area contributed by atoms with Crippen molar-refractivity contribution in [3.63, 3.8) is 0 Å². The van der Waals surface area contributed by atoms with E-state index in [0.29, 0.717) is 18.6 Å². The summed E-state index contributed by atoms with van der Waals surface area (Å²) in [5.74, 6) is 0.680. The molecule has 0 aromatic heterocycles. The van der Waals surface area contributed by atoms with Crippen LogP contribution in [-0.2, 0) is 16.4 Å². The third-order valence-electron chi connectivity index (χ3n) is 3.95. The molecule has 0 saturated heterocycles. The molecule has 1 aliphatic rings. The molecule has 118 valence electrons. The molecule has 1 aromatic carbocycles. The molecule has 2 atom stereocenters. The van der Waals surface area contributed by atoms with Crippen LogP contribution in [0.4, 0.5) is 0 Å². The summed E-state index contributed by atoms with van der Waals surface area (Å²) in [6.45, 7) is 1.83. The van der Waals surface area contributed by atoms with E-state index in [0.717, 1.165) is 28.4 Å². The number of aliphatic hydroxyl groups is 1. The highest BCUT2D eigenvalue weighted by atomic mass is 79.9. The van der Waals surface area contributed by atoms with Gasteiger partial charge in [-0.05, 0) is 43.9 Å². The van der Waals surface area contributed by atoms with E-state index in [1.165, 1.54) is 6.26 Å². The van der Waals surface area contributed by atoms with E-state index in [1.807, 2.05) is 19.1 Å². The second-order valence-electron chi connectivity index (χ2n) is 5.73. The summed E-state index contributed by atoms with van der Waals surface area (Å²) >= 11 is 3.40. The Balaban J connectivity index is 2.18. The molecule has 1 aromatic rings. The number of rotatable bonds is 4. The lowest BCUT2D eigenvalue weighted by molar-refractivity contribution is 0.150. The van der Waals surface area contributed by atoms with Crippen molar-refractivity contribution >= 4 is 25.8 Å². The number of aryl methyl sites for hydroxylation is 1. The minimum Gasteiger partial charge on any atom is -0.490 e. The molecule has 1 saturated carbocycles. The van der Waals surface area contributed by atoms with Crippen LogP contribution in [0.2, 0.25) is 0 Å². The monoisotopic (exact) mass is 376 g/mol. The zero-order chi connectivity index (χ0) is 15.6. The summed E-state index contributed by atoms with van der Waals surface area (Å²) in [4.78, 5) is 0. The summed E-state index contributed by atoms with van der Waals surface area (Å²) in [5, 5.41) is 9.17. The third-order valence-corrected chi connectivity index (χ3v) is 6.05. The zero-order valence-electron chi connectivity index (χ0n) is 12.3. The maximum atomic E-state index is 11.7. The molecule has 0 aliphatic heterocycles. The van der Waals surface area contributed by atoms with E-state index >= 15 is 0 Å². The summed E-state index contributed by atoms with van der Waals surface area (Å²) < 4.78 is 30.4. The molecule has 4 nitrogen and oxygen atoms in total. The third kappa shape index (κ3) is 4.20. The molecule has 0 radical (unpaired) electrons. The highest BCUT2D eigenvalue weighted by Crippen LogP contribution is 2.33. The van der Waals surface area contributed by atoms with E-state index in [2.05, 4.69) is 15.9 Å². The average Bonchev–Trinajstić information content (AvgIpc) is 2.41. The Labute approximate surface area is 134 Å². The number of halogens is 1. The summed E-state index contributed by atoms with van der Waals surface area (Å²) in [6.07, 6.45) is 4.14. The molecule has 0 spiro atoms. The van der Waals surface area contributed by atoms with Gasteiger partial charge in [-0.15, -0.1) is 0 Å². The number of aliphatic hydroxyl groups excluding tert-OH is 1. The minimum absolute atomic E-state index is 0.0994. The molecule has 1 fully saturated rings. The molecule has 6 heteroatoms. The van der Waals surface area contributed by atoms with Gasteiger partial charge >= 0.3 is 0 Å². The molecule has 2 unspecified atom stereocenters. The predicted molar refractivity (Wildman–Crippen MR) is 86.3 cm³/mol. The maximum Gasteiger partial charge on any atom is 0.150 e. The molecule has 0 bridgehead atoms. The highest BCUT2D eigenvalue weighted by Gasteiger charge is 2.30. The van der Waals surface area contributed by atoms with Gasteiger partial charge in [-0.25, -0.2) is 8.42 Å². The van der Waals surface area contributed by atoms with Crippen LogP contribution in [0.3, 0.4) is 0 Å². The van der Waals surface area contributed by atoms with Crippen molar-refractivity contribution < 1.29 is 18.3 Å². The Morgan fingerprint density at radius 3 is 2.71 bits per heavy atom. The quantitative estimate of drug-likeness (QED) is 0.876. The lowest BCUT2D eigenvalue weighted by atomic mass is 9.97. The van der Waals surface area contributed by atoms with Crippen molar-refractivity contribution in [2.75, 3.05) is 6.26 Å². The fraction of sp³-hybridized carbons (Fsp3) is 0.600. The van der Waals surface area contributed by atoms with E-state index in [9.17, 15) is 13.5 Å². The second kappa shape index (κ2) is 6.67. The normalized spacial score (nSPS) is 23.0. The molecular formula is C15H21BrO4S. The van der Waals surface area contributed by atoms with Crippen LogP contribution in [0.25, 0.3) is 0 Å². The minimum atomic E-state index is -3.02. The Morgan fingerprint density at radius 2 is 2.10 bits per heavy atom. The first-order valence-corrected chi connectivity index (χ1v) is 9.81. The van der Waals surface area contributed by atoms with E-state index < -0.39 is 9.84 Å². The first-order chi connectivity index (χ1) is 9.81. The van der Waals surface area contributed by atoms with Crippen molar-refractivity contribution in [2.24, 2.45) is 0 Å². The second-order valence-corrected chi connectivity index (χ2v) is 8.97. The van der Waals surface area contributed by atoms with Gasteiger partial charge in [0, 0.05) is 22.7 Å². The van der Waals surface area contributed by atoms with Gasteiger partial charge in [0.15, 0.2) is 0 Å². The Hall–Kier alpha value is -0.590. The molecule has 21 heavy (non-hydrogen) atoms. The smallest absolute Gasteiger partial charge is 0.150 e. The van der Waals surface area contributed by atoms with Gasteiger partial charge in [-0.1, -0.05) is 15.9 Å². The Bertz CT molecular complexity index is 612. The molecule has 1 N–H and O–H groups in total. The predicted octanol–water partition coefficient (Wildman–Crippen LogP) is 2.98. The van der Waals surface area contributed by atoms with Crippen LogP contribution in [0.15, 0.2) is 16.6 Å². The van der Waals surface area contributed by atoms with Crippen molar-refractivity contribution in [1.29, 1.82) is 0 Å². The standard InChI is InChI=1S/C15H21BrO4S/c1-10-6-12(16)7-11(9-17)15(10)20-13-4-3-5-14(8-13)21(2,18)19/h6-7,13-14,17H,3-5,8-9H2,1-2H3. The number of sulfone groups is 1. The fourth-order valence-electron chi connectivity index (χ4n) is 2.85. The fourth-order valence-corrected chi connectivity index (χ4v) is 4.63. The van der Waals surface area contributed by atoms with Gasteiger partial charge < -0.3 is 9.84 Å². The molecule has 0 heterocycles. The lowest BCUT2D eigenvalue weighted by Crippen LogP contribution is -2.33. The van der Waals surface area contributed by atoms with Gasteiger partial charge in [-0.2, -0.15) is 0 Å². The summed E-state index contributed by atoms with van der Waals surface area (Å²) in [5.41, 5.74) is 1.67.